The van der Waals surface area contributed by atoms with Gasteiger partial charge >= 0.3 is 6.03 Å². The number of urea groups is 1. The second kappa shape index (κ2) is 13.1. The maximum absolute atomic E-state index is 14.2. The Morgan fingerprint density at radius 3 is 2.46 bits per heavy atom. The lowest BCUT2D eigenvalue weighted by Crippen LogP contribution is -2.66. The maximum atomic E-state index is 14.2. The SMILES string of the molecule is CCCN(C(=O)NCc1ccc(F)cc1)N1CC(=O)N2[C@@H](Cc3ccc(O)c(O)c3)C(=O)N(Cc3cccc4ccccc34)C[C@@H]21. The molecule has 2 atom stereocenters. The predicted molar refractivity (Wildman–Crippen MR) is 170 cm³/mol. The molecule has 46 heavy (non-hydrogen) atoms. The summed E-state index contributed by atoms with van der Waals surface area (Å²) in [7, 11) is 0. The van der Waals surface area contributed by atoms with Crippen molar-refractivity contribution in [1.29, 1.82) is 0 Å². The summed E-state index contributed by atoms with van der Waals surface area (Å²) >= 11 is 0. The Kier molecular flexibility index (Phi) is 8.76. The first kappa shape index (κ1) is 30.8. The lowest BCUT2D eigenvalue weighted by molar-refractivity contribution is -0.157. The third kappa shape index (κ3) is 6.18. The van der Waals surface area contributed by atoms with Crippen LogP contribution in [0.15, 0.2) is 84.9 Å². The summed E-state index contributed by atoms with van der Waals surface area (Å²) in [4.78, 5) is 44.8. The molecule has 4 aromatic carbocycles. The highest BCUT2D eigenvalue weighted by molar-refractivity contribution is 5.92. The minimum atomic E-state index is -0.902. The van der Waals surface area contributed by atoms with Crippen LogP contribution in [0.3, 0.4) is 0 Å². The van der Waals surface area contributed by atoms with E-state index in [2.05, 4.69) is 5.32 Å². The molecule has 11 heteroatoms. The number of phenols is 2. The van der Waals surface area contributed by atoms with Gasteiger partial charge in [0.2, 0.25) is 11.8 Å². The molecule has 2 fully saturated rings. The monoisotopic (exact) mass is 625 g/mol. The molecule has 10 nitrogen and oxygen atoms in total. The van der Waals surface area contributed by atoms with Crippen LogP contribution in [0, 0.1) is 5.82 Å². The first-order valence-electron chi connectivity index (χ1n) is 15.4. The number of hydrogen-bond acceptors (Lipinski definition) is 6. The average Bonchev–Trinajstić information content (AvgIpc) is 3.38. The number of rotatable bonds is 9. The van der Waals surface area contributed by atoms with Gasteiger partial charge in [0.05, 0.1) is 13.1 Å². The van der Waals surface area contributed by atoms with Crippen LogP contribution in [-0.4, -0.2) is 79.7 Å². The van der Waals surface area contributed by atoms with Gasteiger partial charge in [0.25, 0.3) is 0 Å². The smallest absolute Gasteiger partial charge is 0.332 e. The van der Waals surface area contributed by atoms with Crippen LogP contribution in [0.1, 0.15) is 30.0 Å². The van der Waals surface area contributed by atoms with Gasteiger partial charge in [0.15, 0.2) is 11.5 Å². The molecule has 0 spiro atoms. The fourth-order valence-corrected chi connectivity index (χ4v) is 6.38. The van der Waals surface area contributed by atoms with E-state index in [1.54, 1.807) is 33.0 Å². The van der Waals surface area contributed by atoms with Crippen molar-refractivity contribution >= 4 is 28.6 Å². The molecular formula is C35H36FN5O5. The van der Waals surface area contributed by atoms with Gasteiger partial charge in [-0.3, -0.25) is 14.6 Å². The number of carbonyl (C=O) groups is 3. The number of hydrazine groups is 1. The lowest BCUT2D eigenvalue weighted by Gasteiger charge is -2.46. The average molecular weight is 626 g/mol. The largest absolute Gasteiger partial charge is 0.504 e. The molecule has 0 unspecified atom stereocenters. The Morgan fingerprint density at radius 1 is 0.957 bits per heavy atom. The molecule has 2 saturated heterocycles. The van der Waals surface area contributed by atoms with Crippen LogP contribution in [0.5, 0.6) is 11.5 Å². The summed E-state index contributed by atoms with van der Waals surface area (Å²) < 4.78 is 13.4. The summed E-state index contributed by atoms with van der Waals surface area (Å²) in [6, 6.07) is 22.8. The zero-order chi connectivity index (χ0) is 32.4. The minimum Gasteiger partial charge on any atom is -0.504 e. The van der Waals surface area contributed by atoms with Crippen molar-refractivity contribution in [2.24, 2.45) is 0 Å². The van der Waals surface area contributed by atoms with Gasteiger partial charge in [-0.15, -0.1) is 0 Å². The number of aromatic hydroxyl groups is 2. The van der Waals surface area contributed by atoms with Crippen LogP contribution >= 0.6 is 0 Å². The first-order valence-corrected chi connectivity index (χ1v) is 15.4. The van der Waals surface area contributed by atoms with E-state index in [1.165, 1.54) is 29.3 Å². The summed E-state index contributed by atoms with van der Waals surface area (Å²) in [6.45, 7) is 2.83. The number of fused-ring (bicyclic) bond motifs is 2. The van der Waals surface area contributed by atoms with Crippen LogP contribution < -0.4 is 5.32 Å². The molecule has 0 aliphatic carbocycles. The quantitative estimate of drug-likeness (QED) is 0.238. The van der Waals surface area contributed by atoms with Crippen LogP contribution in [-0.2, 0) is 29.1 Å². The van der Waals surface area contributed by atoms with Crippen molar-refractivity contribution in [2.45, 2.75) is 45.1 Å². The normalized spacial score (nSPS) is 18.2. The van der Waals surface area contributed by atoms with Gasteiger partial charge in [-0.25, -0.2) is 9.18 Å². The molecule has 4 amide bonds. The number of piperazine rings is 1. The predicted octanol–water partition coefficient (Wildman–Crippen LogP) is 4.35. The summed E-state index contributed by atoms with van der Waals surface area (Å²) in [5.41, 5.74) is 2.26. The van der Waals surface area contributed by atoms with E-state index < -0.39 is 18.2 Å². The molecular weight excluding hydrogens is 589 g/mol. The molecule has 0 aromatic heterocycles. The van der Waals surface area contributed by atoms with Gasteiger partial charge < -0.3 is 25.3 Å². The van der Waals surface area contributed by atoms with Gasteiger partial charge in [0, 0.05) is 26.1 Å². The van der Waals surface area contributed by atoms with Crippen molar-refractivity contribution in [3.8, 4) is 11.5 Å². The molecule has 2 aliphatic heterocycles. The number of amides is 4. The Bertz CT molecular complexity index is 1760. The molecule has 2 aliphatic rings. The van der Waals surface area contributed by atoms with Gasteiger partial charge in [-0.1, -0.05) is 67.6 Å². The second-order valence-corrected chi connectivity index (χ2v) is 11.7. The van der Waals surface area contributed by atoms with Crippen LogP contribution in [0.25, 0.3) is 10.8 Å². The fourth-order valence-electron chi connectivity index (χ4n) is 6.38. The third-order valence-corrected chi connectivity index (χ3v) is 8.61. The number of halogens is 1. The number of hydrogen-bond donors (Lipinski definition) is 3. The molecule has 6 rings (SSSR count). The number of nitrogens with zero attached hydrogens (tertiary/aromatic N) is 4. The Morgan fingerprint density at radius 2 is 1.70 bits per heavy atom. The second-order valence-electron chi connectivity index (χ2n) is 11.7. The molecule has 3 N–H and O–H groups in total. The van der Waals surface area contributed by atoms with Crippen LogP contribution in [0.2, 0.25) is 0 Å². The van der Waals surface area contributed by atoms with E-state index in [-0.39, 0.29) is 55.2 Å². The lowest BCUT2D eigenvalue weighted by atomic mass is 9.98. The van der Waals surface area contributed by atoms with Crippen molar-refractivity contribution in [1.82, 2.24) is 25.1 Å². The van der Waals surface area contributed by atoms with Crippen molar-refractivity contribution in [3.63, 3.8) is 0 Å². The highest BCUT2D eigenvalue weighted by Crippen LogP contribution is 2.33. The van der Waals surface area contributed by atoms with E-state index in [0.717, 1.165) is 21.9 Å². The van der Waals surface area contributed by atoms with E-state index in [4.69, 9.17) is 0 Å². The Hall–Kier alpha value is -5.16. The topological polar surface area (TPSA) is 117 Å². The molecule has 0 radical (unpaired) electrons. The zero-order valence-corrected chi connectivity index (χ0v) is 25.5. The third-order valence-electron chi connectivity index (χ3n) is 8.61. The summed E-state index contributed by atoms with van der Waals surface area (Å²) in [6.07, 6.45) is 0.106. The highest BCUT2D eigenvalue weighted by Gasteiger charge is 2.52. The van der Waals surface area contributed by atoms with Crippen molar-refractivity contribution in [2.75, 3.05) is 19.6 Å². The number of carbonyl (C=O) groups excluding carboxylic acids is 3. The van der Waals surface area contributed by atoms with Gasteiger partial charge in [-0.2, -0.15) is 5.01 Å². The molecule has 4 aromatic rings. The molecule has 238 valence electrons. The molecule has 0 saturated carbocycles. The standard InChI is InChI=1S/C35H36FN5O5/c1-2-16-39(35(46)37-19-23-10-13-27(36)14-11-23)40-22-33(44)41-29(17-24-12-15-30(42)31(43)18-24)34(45)38(21-32(40)41)20-26-8-5-7-25-6-3-4-9-28(25)26/h3-15,18,29,32,42-43H,2,16-17,19-22H2,1H3,(H,37,46)/t29-,32+/m0/s1. The van der Waals surface area contributed by atoms with Gasteiger partial charge in [0.1, 0.15) is 18.0 Å². The van der Waals surface area contributed by atoms with Crippen molar-refractivity contribution < 1.29 is 29.0 Å². The van der Waals surface area contributed by atoms with E-state index in [1.807, 2.05) is 49.4 Å². The fraction of sp³-hybridized carbons (Fsp3) is 0.286. The maximum Gasteiger partial charge on any atom is 0.332 e. The van der Waals surface area contributed by atoms with E-state index >= 15 is 0 Å². The van der Waals surface area contributed by atoms with Gasteiger partial charge in [-0.05, 0) is 58.1 Å². The number of phenolic OH excluding ortho intramolecular Hbond substituents is 2. The summed E-state index contributed by atoms with van der Waals surface area (Å²) in [5, 5.41) is 28.2. The first-order chi connectivity index (χ1) is 22.2. The molecule has 2 heterocycles. The highest BCUT2D eigenvalue weighted by atomic mass is 19.1. The van der Waals surface area contributed by atoms with E-state index in [0.29, 0.717) is 25.1 Å². The number of nitrogens with one attached hydrogen (secondary N) is 1. The Labute approximate surface area is 266 Å². The van der Waals surface area contributed by atoms with E-state index in [9.17, 15) is 29.0 Å². The minimum absolute atomic E-state index is 0.0959. The zero-order valence-electron chi connectivity index (χ0n) is 25.5. The Balaban J connectivity index is 1.32. The molecule has 0 bridgehead atoms. The number of benzene rings is 4. The van der Waals surface area contributed by atoms with Crippen molar-refractivity contribution in [3.05, 3.63) is 107 Å². The summed E-state index contributed by atoms with van der Waals surface area (Å²) in [5.74, 6) is -1.49. The van der Waals surface area contributed by atoms with Crippen LogP contribution in [0.4, 0.5) is 9.18 Å².